The second-order valence-corrected chi connectivity index (χ2v) is 8.63. The minimum atomic E-state index is -0.233. The van der Waals surface area contributed by atoms with Crippen LogP contribution in [0, 0.1) is 6.92 Å². The maximum absolute atomic E-state index is 6.18. The van der Waals surface area contributed by atoms with Gasteiger partial charge in [0.05, 0.1) is 12.7 Å². The molecule has 1 aromatic carbocycles. The van der Waals surface area contributed by atoms with Crippen LogP contribution in [0.2, 0.25) is 0 Å². The SMILES string of the molecule is CN=C(NCc1ccc(C)cc1OC(C)(C)C)N1CCOC(C2CCCO2)C1.I. The largest absolute Gasteiger partial charge is 0.488 e. The van der Waals surface area contributed by atoms with E-state index < -0.39 is 0 Å². The van der Waals surface area contributed by atoms with Gasteiger partial charge >= 0.3 is 0 Å². The molecule has 2 unspecified atom stereocenters. The highest BCUT2D eigenvalue weighted by molar-refractivity contribution is 14.0. The zero-order valence-corrected chi connectivity index (χ0v) is 20.7. The molecule has 2 heterocycles. The van der Waals surface area contributed by atoms with Gasteiger partial charge in [0.15, 0.2) is 5.96 Å². The van der Waals surface area contributed by atoms with Gasteiger partial charge in [0, 0.05) is 38.9 Å². The van der Waals surface area contributed by atoms with E-state index in [1.165, 1.54) is 5.56 Å². The molecule has 0 saturated carbocycles. The number of rotatable bonds is 4. The molecule has 2 aliphatic rings. The molecule has 29 heavy (non-hydrogen) atoms. The van der Waals surface area contributed by atoms with Gasteiger partial charge in [-0.1, -0.05) is 12.1 Å². The van der Waals surface area contributed by atoms with Gasteiger partial charge in [0.25, 0.3) is 0 Å². The molecule has 0 aliphatic carbocycles. The van der Waals surface area contributed by atoms with Gasteiger partial charge in [-0.3, -0.25) is 4.99 Å². The Morgan fingerprint density at radius 2 is 2.00 bits per heavy atom. The van der Waals surface area contributed by atoms with Gasteiger partial charge in [-0.25, -0.2) is 0 Å². The molecule has 0 aromatic heterocycles. The zero-order valence-electron chi connectivity index (χ0n) is 18.4. The Labute approximate surface area is 192 Å². The highest BCUT2D eigenvalue weighted by atomic mass is 127. The second kappa shape index (κ2) is 10.8. The average molecular weight is 517 g/mol. The number of hydrogen-bond donors (Lipinski definition) is 1. The van der Waals surface area contributed by atoms with Gasteiger partial charge in [-0.2, -0.15) is 0 Å². The first-order valence-corrected chi connectivity index (χ1v) is 10.3. The number of ether oxygens (including phenoxy) is 3. The Morgan fingerprint density at radius 3 is 2.66 bits per heavy atom. The molecule has 3 rings (SSSR count). The van der Waals surface area contributed by atoms with Crippen molar-refractivity contribution in [2.45, 2.75) is 64.9 Å². The van der Waals surface area contributed by atoms with Crippen molar-refractivity contribution < 1.29 is 14.2 Å². The number of benzene rings is 1. The van der Waals surface area contributed by atoms with Crippen molar-refractivity contribution in [3.63, 3.8) is 0 Å². The Hall–Kier alpha value is -1.06. The minimum Gasteiger partial charge on any atom is -0.488 e. The molecule has 0 spiro atoms. The van der Waals surface area contributed by atoms with Gasteiger partial charge < -0.3 is 24.4 Å². The first-order chi connectivity index (χ1) is 13.4. The van der Waals surface area contributed by atoms with Crippen LogP contribution < -0.4 is 10.1 Å². The summed E-state index contributed by atoms with van der Waals surface area (Å²) in [6.45, 7) is 12.2. The minimum absolute atomic E-state index is 0. The summed E-state index contributed by atoms with van der Waals surface area (Å²) in [6.07, 6.45) is 2.54. The van der Waals surface area contributed by atoms with Gasteiger partial charge in [0.2, 0.25) is 0 Å². The normalized spacial score (nSPS) is 22.9. The third-order valence-corrected chi connectivity index (χ3v) is 5.06. The first-order valence-electron chi connectivity index (χ1n) is 10.3. The van der Waals surface area contributed by atoms with Crippen LogP contribution in [0.25, 0.3) is 0 Å². The van der Waals surface area contributed by atoms with E-state index >= 15 is 0 Å². The van der Waals surface area contributed by atoms with Crippen LogP contribution in [0.4, 0.5) is 0 Å². The number of guanidine groups is 1. The Balaban J connectivity index is 0.00000300. The molecule has 6 nitrogen and oxygen atoms in total. The predicted octanol–water partition coefficient (Wildman–Crippen LogP) is 3.75. The van der Waals surface area contributed by atoms with Gasteiger partial charge in [-0.15, -0.1) is 24.0 Å². The summed E-state index contributed by atoms with van der Waals surface area (Å²) in [6, 6.07) is 6.36. The second-order valence-electron chi connectivity index (χ2n) is 8.63. The lowest BCUT2D eigenvalue weighted by molar-refractivity contribution is -0.0817. The number of nitrogens with zero attached hydrogens (tertiary/aromatic N) is 2. The lowest BCUT2D eigenvalue weighted by Crippen LogP contribution is -2.53. The van der Waals surface area contributed by atoms with Gasteiger partial charge in [-0.05, 0) is 52.2 Å². The van der Waals surface area contributed by atoms with Crippen LogP contribution >= 0.6 is 24.0 Å². The van der Waals surface area contributed by atoms with Crippen molar-refractivity contribution in [1.29, 1.82) is 0 Å². The van der Waals surface area contributed by atoms with E-state index in [0.717, 1.165) is 49.8 Å². The quantitative estimate of drug-likeness (QED) is 0.375. The molecule has 7 heteroatoms. The monoisotopic (exact) mass is 517 g/mol. The fourth-order valence-electron chi connectivity index (χ4n) is 3.73. The molecule has 0 amide bonds. The maximum Gasteiger partial charge on any atom is 0.194 e. The van der Waals surface area contributed by atoms with Crippen molar-refractivity contribution in [1.82, 2.24) is 10.2 Å². The summed E-state index contributed by atoms with van der Waals surface area (Å²) >= 11 is 0. The van der Waals surface area contributed by atoms with E-state index in [1.807, 2.05) is 7.05 Å². The first kappa shape index (κ1) is 24.2. The topological polar surface area (TPSA) is 55.3 Å². The van der Waals surface area contributed by atoms with Crippen LogP contribution in [-0.4, -0.2) is 62.0 Å². The van der Waals surface area contributed by atoms with Crippen LogP contribution in [0.15, 0.2) is 23.2 Å². The summed E-state index contributed by atoms with van der Waals surface area (Å²) in [5.41, 5.74) is 2.09. The zero-order chi connectivity index (χ0) is 20.1. The van der Waals surface area contributed by atoms with Crippen molar-refractivity contribution in [3.05, 3.63) is 29.3 Å². The summed E-state index contributed by atoms with van der Waals surface area (Å²) < 4.78 is 18.0. The number of hydrogen-bond acceptors (Lipinski definition) is 4. The van der Waals surface area contributed by atoms with E-state index in [9.17, 15) is 0 Å². The van der Waals surface area contributed by atoms with Crippen molar-refractivity contribution >= 4 is 29.9 Å². The Bertz CT molecular complexity index is 684. The Morgan fingerprint density at radius 1 is 1.24 bits per heavy atom. The van der Waals surface area contributed by atoms with Gasteiger partial charge in [0.1, 0.15) is 17.5 Å². The molecule has 2 fully saturated rings. The predicted molar refractivity (Wildman–Crippen MR) is 127 cm³/mol. The smallest absolute Gasteiger partial charge is 0.194 e. The fraction of sp³-hybridized carbons (Fsp3) is 0.682. The van der Waals surface area contributed by atoms with Crippen LogP contribution in [0.3, 0.4) is 0 Å². The molecule has 0 bridgehead atoms. The number of nitrogens with one attached hydrogen (secondary N) is 1. The number of aliphatic imine (C=N–C) groups is 1. The maximum atomic E-state index is 6.18. The van der Waals surface area contributed by atoms with Crippen molar-refractivity contribution in [2.75, 3.05) is 33.4 Å². The summed E-state index contributed by atoms with van der Waals surface area (Å²) in [7, 11) is 1.83. The molecule has 0 radical (unpaired) electrons. The average Bonchev–Trinajstić information content (AvgIpc) is 3.17. The number of aryl methyl sites for hydroxylation is 1. The molecule has 2 saturated heterocycles. The molecule has 164 valence electrons. The number of halogens is 1. The molecule has 1 aromatic rings. The third kappa shape index (κ3) is 7.00. The standard InChI is InChI=1S/C22H35N3O3.HI/c1-16-8-9-17(19(13-16)28-22(2,3)4)14-24-21(23-5)25-10-12-27-20(15-25)18-7-6-11-26-18;/h8-9,13,18,20H,6-7,10-12,14-15H2,1-5H3,(H,23,24);1H. The van der Waals surface area contributed by atoms with E-state index in [0.29, 0.717) is 13.2 Å². The lowest BCUT2D eigenvalue weighted by atomic mass is 10.1. The summed E-state index contributed by atoms with van der Waals surface area (Å²) in [5.74, 6) is 1.82. The molecular weight excluding hydrogens is 481 g/mol. The van der Waals surface area contributed by atoms with E-state index in [4.69, 9.17) is 14.2 Å². The molecule has 2 aliphatic heterocycles. The molecule has 1 N–H and O–H groups in total. The highest BCUT2D eigenvalue weighted by Crippen LogP contribution is 2.25. The third-order valence-electron chi connectivity index (χ3n) is 5.06. The number of morpholine rings is 1. The van der Waals surface area contributed by atoms with Crippen molar-refractivity contribution in [2.24, 2.45) is 4.99 Å². The molecular formula is C22H36IN3O3. The Kier molecular flexibility index (Phi) is 9.03. The van der Waals surface area contributed by atoms with Crippen LogP contribution in [0.5, 0.6) is 5.75 Å². The van der Waals surface area contributed by atoms with E-state index in [2.05, 4.69) is 61.1 Å². The van der Waals surface area contributed by atoms with Crippen LogP contribution in [-0.2, 0) is 16.0 Å². The summed E-state index contributed by atoms with van der Waals surface area (Å²) in [5, 5.41) is 3.51. The van der Waals surface area contributed by atoms with Crippen LogP contribution in [0.1, 0.15) is 44.7 Å². The summed E-state index contributed by atoms with van der Waals surface area (Å²) in [4.78, 5) is 6.78. The van der Waals surface area contributed by atoms with E-state index in [-0.39, 0.29) is 41.8 Å². The fourth-order valence-corrected chi connectivity index (χ4v) is 3.73. The highest BCUT2D eigenvalue weighted by Gasteiger charge is 2.32. The van der Waals surface area contributed by atoms with E-state index in [1.54, 1.807) is 0 Å². The van der Waals surface area contributed by atoms with Crippen molar-refractivity contribution in [3.8, 4) is 5.75 Å². The molecule has 2 atom stereocenters. The lowest BCUT2D eigenvalue weighted by Gasteiger charge is -2.37.